The normalized spacial score (nSPS) is 10.7. The third-order valence-corrected chi connectivity index (χ3v) is 3.31. The van der Waals surface area contributed by atoms with Crippen molar-refractivity contribution in [2.75, 3.05) is 0 Å². The number of nitrogens with zero attached hydrogens (tertiary/aromatic N) is 4. The number of hydrogen-bond acceptors (Lipinski definition) is 3. The molecular weight excluding hydrogens is 220 g/mol. The molecular formula is C11H8N4S. The van der Waals surface area contributed by atoms with E-state index >= 15 is 0 Å². The average Bonchev–Trinajstić information content (AvgIpc) is 2.93. The lowest BCUT2D eigenvalue weighted by molar-refractivity contribution is 0.859. The van der Waals surface area contributed by atoms with Crippen LogP contribution in [0, 0.1) is 11.3 Å². The Morgan fingerprint density at radius 1 is 1.44 bits per heavy atom. The molecule has 3 aromatic heterocycles. The molecule has 16 heavy (non-hydrogen) atoms. The smallest absolute Gasteiger partial charge is 0.137 e. The maximum Gasteiger partial charge on any atom is 0.137 e. The van der Waals surface area contributed by atoms with E-state index in [0.717, 1.165) is 16.2 Å². The van der Waals surface area contributed by atoms with Gasteiger partial charge in [-0.25, -0.2) is 4.52 Å². The molecule has 0 N–H and O–H groups in total. The molecule has 0 amide bonds. The van der Waals surface area contributed by atoms with Gasteiger partial charge in [0.1, 0.15) is 17.9 Å². The number of aromatic nitrogens is 3. The Kier molecular flexibility index (Phi) is 2.01. The van der Waals surface area contributed by atoms with E-state index in [2.05, 4.69) is 11.2 Å². The molecule has 0 radical (unpaired) electrons. The molecule has 0 saturated carbocycles. The second kappa shape index (κ2) is 3.51. The summed E-state index contributed by atoms with van der Waals surface area (Å²) in [4.78, 5) is 1.15. The van der Waals surface area contributed by atoms with Gasteiger partial charge in [-0.15, -0.1) is 11.3 Å². The predicted molar refractivity (Wildman–Crippen MR) is 62.1 cm³/mol. The van der Waals surface area contributed by atoms with Gasteiger partial charge in [-0.3, -0.25) is 0 Å². The van der Waals surface area contributed by atoms with E-state index in [1.807, 2.05) is 40.5 Å². The average molecular weight is 228 g/mol. The number of nitriles is 1. The fourth-order valence-electron chi connectivity index (χ4n) is 1.68. The summed E-state index contributed by atoms with van der Waals surface area (Å²) in [6.07, 6.45) is 3.73. The minimum Gasteiger partial charge on any atom is -0.318 e. The zero-order valence-electron chi connectivity index (χ0n) is 8.37. The summed E-state index contributed by atoms with van der Waals surface area (Å²) in [6, 6.07) is 8.18. The van der Waals surface area contributed by atoms with Gasteiger partial charge < -0.3 is 4.57 Å². The summed E-state index contributed by atoms with van der Waals surface area (Å²) in [6.45, 7) is 0.353. The van der Waals surface area contributed by atoms with E-state index in [0.29, 0.717) is 6.54 Å². The van der Waals surface area contributed by atoms with E-state index in [4.69, 9.17) is 5.26 Å². The van der Waals surface area contributed by atoms with Gasteiger partial charge in [-0.2, -0.15) is 10.4 Å². The first-order valence-corrected chi connectivity index (χ1v) is 5.72. The first-order valence-electron chi connectivity index (χ1n) is 4.84. The highest BCUT2D eigenvalue weighted by Crippen LogP contribution is 2.24. The molecule has 78 valence electrons. The van der Waals surface area contributed by atoms with E-state index < -0.39 is 0 Å². The van der Waals surface area contributed by atoms with Crippen LogP contribution < -0.4 is 0 Å². The predicted octanol–water partition coefficient (Wildman–Crippen LogP) is 2.39. The largest absolute Gasteiger partial charge is 0.318 e. The Bertz CT molecular complexity index is 654. The van der Waals surface area contributed by atoms with Crippen LogP contribution in [0.4, 0.5) is 0 Å². The molecule has 0 aliphatic carbocycles. The number of thiophene rings is 1. The van der Waals surface area contributed by atoms with Crippen LogP contribution in [-0.2, 0) is 6.54 Å². The maximum atomic E-state index is 8.69. The van der Waals surface area contributed by atoms with Crippen LogP contribution >= 0.6 is 11.3 Å². The van der Waals surface area contributed by atoms with Crippen molar-refractivity contribution in [3.63, 3.8) is 0 Å². The van der Waals surface area contributed by atoms with Crippen molar-refractivity contribution < 1.29 is 0 Å². The Balaban J connectivity index is 2.14. The van der Waals surface area contributed by atoms with Crippen molar-refractivity contribution in [3.05, 3.63) is 36.0 Å². The highest BCUT2D eigenvalue weighted by Gasteiger charge is 2.08. The van der Waals surface area contributed by atoms with Crippen LogP contribution in [0.5, 0.6) is 0 Å². The van der Waals surface area contributed by atoms with Gasteiger partial charge >= 0.3 is 0 Å². The Labute approximate surface area is 96.0 Å². The molecule has 0 atom stereocenters. The number of hydrogen-bond donors (Lipinski definition) is 0. The molecule has 0 aromatic carbocycles. The molecule has 0 saturated heterocycles. The highest BCUT2D eigenvalue weighted by atomic mass is 32.1. The van der Waals surface area contributed by atoms with E-state index in [-0.39, 0.29) is 0 Å². The fourth-order valence-corrected chi connectivity index (χ4v) is 2.36. The van der Waals surface area contributed by atoms with Gasteiger partial charge in [0.25, 0.3) is 0 Å². The fraction of sp³-hybridized carbons (Fsp3) is 0.0909. The SMILES string of the molecule is N#CCn1ccn2nc(-c3cccs3)cc12. The molecule has 0 bridgehead atoms. The quantitative estimate of drug-likeness (QED) is 0.676. The molecule has 0 spiro atoms. The monoisotopic (exact) mass is 228 g/mol. The number of fused-ring (bicyclic) bond motifs is 1. The molecule has 3 aromatic rings. The first-order chi connectivity index (χ1) is 7.88. The lowest BCUT2D eigenvalue weighted by Gasteiger charge is -1.92. The van der Waals surface area contributed by atoms with Crippen LogP contribution in [0.1, 0.15) is 0 Å². The summed E-state index contributed by atoms with van der Waals surface area (Å²) in [5, 5.41) is 15.2. The minimum absolute atomic E-state index is 0.353. The molecule has 3 heterocycles. The lowest BCUT2D eigenvalue weighted by atomic mass is 10.3. The zero-order valence-corrected chi connectivity index (χ0v) is 9.18. The Morgan fingerprint density at radius 2 is 2.38 bits per heavy atom. The Hall–Kier alpha value is -2.06. The van der Waals surface area contributed by atoms with Crippen molar-refractivity contribution in [1.29, 1.82) is 5.26 Å². The second-order valence-electron chi connectivity index (χ2n) is 3.39. The summed E-state index contributed by atoms with van der Waals surface area (Å²) in [5.74, 6) is 0. The van der Waals surface area contributed by atoms with E-state index in [1.54, 1.807) is 15.9 Å². The highest BCUT2D eigenvalue weighted by molar-refractivity contribution is 7.13. The summed E-state index contributed by atoms with van der Waals surface area (Å²) in [7, 11) is 0. The zero-order chi connectivity index (χ0) is 11.0. The van der Waals surface area contributed by atoms with Gasteiger partial charge in [0.2, 0.25) is 0 Å². The first kappa shape index (κ1) is 9.19. The Morgan fingerprint density at radius 3 is 3.12 bits per heavy atom. The van der Waals surface area contributed by atoms with Crippen molar-refractivity contribution in [1.82, 2.24) is 14.2 Å². The van der Waals surface area contributed by atoms with Crippen LogP contribution in [-0.4, -0.2) is 14.2 Å². The van der Waals surface area contributed by atoms with Gasteiger partial charge in [0.05, 0.1) is 10.9 Å². The van der Waals surface area contributed by atoms with E-state index in [9.17, 15) is 0 Å². The topological polar surface area (TPSA) is 46.0 Å². The number of imidazole rings is 1. The van der Waals surface area contributed by atoms with Gasteiger partial charge in [-0.05, 0) is 11.4 Å². The second-order valence-corrected chi connectivity index (χ2v) is 4.34. The van der Waals surface area contributed by atoms with Gasteiger partial charge in [0.15, 0.2) is 0 Å². The molecule has 0 unspecified atom stereocenters. The van der Waals surface area contributed by atoms with Crippen molar-refractivity contribution >= 4 is 17.0 Å². The molecule has 0 aliphatic rings. The van der Waals surface area contributed by atoms with Crippen LogP contribution in [0.25, 0.3) is 16.2 Å². The summed E-state index contributed by atoms with van der Waals surface area (Å²) >= 11 is 1.66. The minimum atomic E-state index is 0.353. The molecule has 4 nitrogen and oxygen atoms in total. The molecule has 3 rings (SSSR count). The van der Waals surface area contributed by atoms with Crippen LogP contribution in [0.15, 0.2) is 36.0 Å². The van der Waals surface area contributed by atoms with Crippen LogP contribution in [0.2, 0.25) is 0 Å². The van der Waals surface area contributed by atoms with Crippen molar-refractivity contribution in [3.8, 4) is 16.6 Å². The maximum absolute atomic E-state index is 8.69. The summed E-state index contributed by atoms with van der Waals surface area (Å²) in [5.41, 5.74) is 1.90. The van der Waals surface area contributed by atoms with E-state index in [1.165, 1.54) is 0 Å². The number of rotatable bonds is 2. The molecule has 5 heteroatoms. The molecule has 0 aliphatic heterocycles. The summed E-state index contributed by atoms with van der Waals surface area (Å²) < 4.78 is 3.68. The van der Waals surface area contributed by atoms with Crippen molar-refractivity contribution in [2.24, 2.45) is 0 Å². The third kappa shape index (κ3) is 1.32. The molecule has 0 fully saturated rings. The van der Waals surface area contributed by atoms with Crippen molar-refractivity contribution in [2.45, 2.75) is 6.54 Å². The lowest BCUT2D eigenvalue weighted by Crippen LogP contribution is -1.92. The van der Waals surface area contributed by atoms with Gasteiger partial charge in [0, 0.05) is 18.5 Å². The van der Waals surface area contributed by atoms with Crippen LogP contribution in [0.3, 0.4) is 0 Å². The standard InChI is InChI=1S/C11H8N4S/c12-3-4-14-5-6-15-11(14)8-9(13-15)10-2-1-7-16-10/h1-2,5-8H,4H2. The third-order valence-electron chi connectivity index (χ3n) is 2.41. The van der Waals surface area contributed by atoms with Gasteiger partial charge in [-0.1, -0.05) is 6.07 Å².